The highest BCUT2D eigenvalue weighted by molar-refractivity contribution is 5.92. The lowest BCUT2D eigenvalue weighted by molar-refractivity contribution is 0.0509. The second kappa shape index (κ2) is 8.81. The molecule has 0 spiro atoms. The molecule has 3 aromatic carbocycles. The maximum absolute atomic E-state index is 12.1. The van der Waals surface area contributed by atoms with Gasteiger partial charge in [-0.1, -0.05) is 48.0 Å². The lowest BCUT2D eigenvalue weighted by atomic mass is 10.1. The molecule has 27 heavy (non-hydrogen) atoms. The predicted molar refractivity (Wildman–Crippen MR) is 103 cm³/mol. The summed E-state index contributed by atoms with van der Waals surface area (Å²) in [5, 5.41) is 0. The van der Waals surface area contributed by atoms with Crippen molar-refractivity contribution in [2.24, 2.45) is 0 Å². The second-order valence-electron chi connectivity index (χ2n) is 6.15. The Bertz CT molecular complexity index is 915. The Hall–Kier alpha value is -3.40. The van der Waals surface area contributed by atoms with E-state index in [2.05, 4.69) is 0 Å². The van der Waals surface area contributed by atoms with Crippen molar-refractivity contribution in [3.05, 3.63) is 101 Å². The van der Waals surface area contributed by atoms with Gasteiger partial charge in [-0.15, -0.1) is 0 Å². The third-order valence-electron chi connectivity index (χ3n) is 4.02. The highest BCUT2D eigenvalue weighted by Gasteiger charge is 2.11. The average Bonchev–Trinajstić information content (AvgIpc) is 2.69. The van der Waals surface area contributed by atoms with E-state index in [9.17, 15) is 9.59 Å². The third kappa shape index (κ3) is 5.28. The molecule has 136 valence electrons. The van der Waals surface area contributed by atoms with Crippen LogP contribution in [0.25, 0.3) is 0 Å². The van der Waals surface area contributed by atoms with Crippen molar-refractivity contribution in [2.45, 2.75) is 13.3 Å². The number of ether oxygens (including phenoxy) is 2. The quantitative estimate of drug-likeness (QED) is 0.476. The van der Waals surface area contributed by atoms with Crippen LogP contribution in [0.2, 0.25) is 0 Å². The van der Waals surface area contributed by atoms with Gasteiger partial charge < -0.3 is 9.47 Å². The Balaban J connectivity index is 1.53. The summed E-state index contributed by atoms with van der Waals surface area (Å²) in [7, 11) is 0. The van der Waals surface area contributed by atoms with Crippen molar-refractivity contribution in [2.75, 3.05) is 6.61 Å². The summed E-state index contributed by atoms with van der Waals surface area (Å²) in [6, 6.07) is 23.4. The fourth-order valence-electron chi connectivity index (χ4n) is 2.59. The van der Waals surface area contributed by atoms with Crippen molar-refractivity contribution >= 4 is 11.9 Å². The molecule has 0 aliphatic carbocycles. The molecular formula is C23H20O4. The van der Waals surface area contributed by atoms with E-state index in [1.165, 1.54) is 0 Å². The van der Waals surface area contributed by atoms with E-state index in [1.807, 2.05) is 43.3 Å². The van der Waals surface area contributed by atoms with Crippen LogP contribution in [0, 0.1) is 6.92 Å². The Morgan fingerprint density at radius 1 is 0.778 bits per heavy atom. The van der Waals surface area contributed by atoms with Gasteiger partial charge in [0.25, 0.3) is 0 Å². The van der Waals surface area contributed by atoms with Crippen molar-refractivity contribution in [1.82, 2.24) is 0 Å². The molecular weight excluding hydrogens is 340 g/mol. The van der Waals surface area contributed by atoms with Crippen molar-refractivity contribution < 1.29 is 19.1 Å². The fraction of sp³-hybridized carbons (Fsp3) is 0.130. The first-order valence-corrected chi connectivity index (χ1v) is 8.72. The van der Waals surface area contributed by atoms with Gasteiger partial charge >= 0.3 is 11.9 Å². The normalized spacial score (nSPS) is 10.3. The van der Waals surface area contributed by atoms with Gasteiger partial charge in [-0.25, -0.2) is 9.59 Å². The van der Waals surface area contributed by atoms with Crippen LogP contribution in [0.3, 0.4) is 0 Å². The molecule has 0 heterocycles. The van der Waals surface area contributed by atoms with Gasteiger partial charge in [0.2, 0.25) is 0 Å². The third-order valence-corrected chi connectivity index (χ3v) is 4.02. The van der Waals surface area contributed by atoms with Gasteiger partial charge in [0, 0.05) is 6.42 Å². The molecule has 3 rings (SSSR count). The predicted octanol–water partition coefficient (Wildman–Crippen LogP) is 4.61. The molecule has 4 heteroatoms. The zero-order chi connectivity index (χ0) is 19.1. The summed E-state index contributed by atoms with van der Waals surface area (Å²) in [5.41, 5.74) is 3.00. The van der Waals surface area contributed by atoms with E-state index < -0.39 is 11.9 Å². The van der Waals surface area contributed by atoms with E-state index >= 15 is 0 Å². The van der Waals surface area contributed by atoms with Crippen molar-refractivity contribution in [1.29, 1.82) is 0 Å². The van der Waals surface area contributed by atoms with Crippen LogP contribution in [0.4, 0.5) is 0 Å². The number of carbonyl (C=O) groups is 2. The number of carbonyl (C=O) groups excluding carboxylic acids is 2. The average molecular weight is 360 g/mol. The minimum Gasteiger partial charge on any atom is -0.462 e. The van der Waals surface area contributed by atoms with Crippen molar-refractivity contribution in [3.63, 3.8) is 0 Å². The summed E-state index contributed by atoms with van der Waals surface area (Å²) in [4.78, 5) is 24.2. The summed E-state index contributed by atoms with van der Waals surface area (Å²) in [5.74, 6) is -0.457. The Morgan fingerprint density at radius 3 is 2.22 bits per heavy atom. The first-order chi connectivity index (χ1) is 13.1. The van der Waals surface area contributed by atoms with Gasteiger partial charge in [0.1, 0.15) is 5.75 Å². The maximum atomic E-state index is 12.1. The fourth-order valence-corrected chi connectivity index (χ4v) is 2.59. The van der Waals surface area contributed by atoms with Gasteiger partial charge in [-0.2, -0.15) is 0 Å². The number of esters is 2. The molecule has 4 nitrogen and oxygen atoms in total. The van der Waals surface area contributed by atoms with E-state index in [4.69, 9.17) is 9.47 Å². The van der Waals surface area contributed by atoms with Crippen LogP contribution >= 0.6 is 0 Å². The lowest BCUT2D eigenvalue weighted by Crippen LogP contribution is -2.10. The number of benzene rings is 3. The van der Waals surface area contributed by atoms with E-state index in [0.29, 0.717) is 29.9 Å². The number of aryl methyl sites for hydroxylation is 1. The monoisotopic (exact) mass is 360 g/mol. The molecule has 0 atom stereocenters. The smallest absolute Gasteiger partial charge is 0.343 e. The molecule has 0 aliphatic rings. The first kappa shape index (κ1) is 18.4. The topological polar surface area (TPSA) is 52.6 Å². The van der Waals surface area contributed by atoms with Crippen LogP contribution in [0.15, 0.2) is 78.9 Å². The van der Waals surface area contributed by atoms with Gasteiger partial charge in [0.15, 0.2) is 0 Å². The SMILES string of the molecule is Cc1cccc(C(=O)Oc2ccc(C(=O)OCCc3ccccc3)cc2)c1. The summed E-state index contributed by atoms with van der Waals surface area (Å²) >= 11 is 0. The summed E-state index contributed by atoms with van der Waals surface area (Å²) in [6.45, 7) is 2.22. The second-order valence-corrected chi connectivity index (χ2v) is 6.15. The zero-order valence-corrected chi connectivity index (χ0v) is 15.1. The van der Waals surface area contributed by atoms with Crippen molar-refractivity contribution in [3.8, 4) is 5.75 Å². The molecule has 0 aromatic heterocycles. The molecule has 0 fully saturated rings. The van der Waals surface area contributed by atoms with Gasteiger partial charge in [-0.3, -0.25) is 0 Å². The van der Waals surface area contributed by atoms with E-state index in [0.717, 1.165) is 11.1 Å². The molecule has 0 aliphatic heterocycles. The van der Waals surface area contributed by atoms with Crippen LogP contribution in [0.5, 0.6) is 5.75 Å². The van der Waals surface area contributed by atoms with E-state index in [-0.39, 0.29) is 0 Å². The highest BCUT2D eigenvalue weighted by atomic mass is 16.5. The maximum Gasteiger partial charge on any atom is 0.343 e. The molecule has 0 saturated carbocycles. The minimum atomic E-state index is -0.433. The lowest BCUT2D eigenvalue weighted by Gasteiger charge is -2.07. The largest absolute Gasteiger partial charge is 0.462 e. The zero-order valence-electron chi connectivity index (χ0n) is 15.1. The number of hydrogen-bond donors (Lipinski definition) is 0. The standard InChI is InChI=1S/C23H20O4/c1-17-6-5-9-20(16-17)23(25)27-21-12-10-19(11-13-21)22(24)26-15-14-18-7-3-2-4-8-18/h2-13,16H,14-15H2,1H3. The van der Waals surface area contributed by atoms with Crippen LogP contribution in [-0.2, 0) is 11.2 Å². The molecule has 3 aromatic rings. The molecule has 0 bridgehead atoms. The molecule has 0 amide bonds. The van der Waals surface area contributed by atoms with E-state index in [1.54, 1.807) is 42.5 Å². The Morgan fingerprint density at radius 2 is 1.52 bits per heavy atom. The van der Waals surface area contributed by atoms with Crippen LogP contribution < -0.4 is 4.74 Å². The Kier molecular flexibility index (Phi) is 6.00. The van der Waals surface area contributed by atoms with Gasteiger partial charge in [0.05, 0.1) is 17.7 Å². The van der Waals surface area contributed by atoms with Gasteiger partial charge in [-0.05, 0) is 48.9 Å². The molecule has 0 N–H and O–H groups in total. The summed E-state index contributed by atoms with van der Waals surface area (Å²) < 4.78 is 10.6. The summed E-state index contributed by atoms with van der Waals surface area (Å²) in [6.07, 6.45) is 0.665. The van der Waals surface area contributed by atoms with Crippen LogP contribution in [-0.4, -0.2) is 18.5 Å². The Labute approximate surface area is 158 Å². The van der Waals surface area contributed by atoms with Crippen LogP contribution in [0.1, 0.15) is 31.8 Å². The number of rotatable bonds is 6. The molecule has 0 radical (unpaired) electrons. The minimum absolute atomic E-state index is 0.312. The molecule has 0 unspecified atom stereocenters. The number of hydrogen-bond acceptors (Lipinski definition) is 4. The first-order valence-electron chi connectivity index (χ1n) is 8.72. The molecule has 0 saturated heterocycles. The highest BCUT2D eigenvalue weighted by Crippen LogP contribution is 2.16.